The molecule has 0 fully saturated rings. The zero-order valence-corrected chi connectivity index (χ0v) is 5.92. The van der Waals surface area contributed by atoms with Crippen LogP contribution in [-0.2, 0) is 4.79 Å². The number of rotatable bonds is 5. The van der Waals surface area contributed by atoms with E-state index in [1.54, 1.807) is 6.08 Å². The fraction of sp³-hybridized carbons (Fsp3) is 0.571. The highest BCUT2D eigenvalue weighted by Gasteiger charge is 2.05. The van der Waals surface area contributed by atoms with Crippen molar-refractivity contribution in [3.05, 3.63) is 12.7 Å². The second kappa shape index (κ2) is 4.99. The molecule has 0 aliphatic carbocycles. The Morgan fingerprint density at radius 2 is 2.40 bits per heavy atom. The van der Waals surface area contributed by atoms with Gasteiger partial charge in [0.05, 0.1) is 6.42 Å². The molecule has 0 unspecified atom stereocenters. The Morgan fingerprint density at radius 3 is 2.80 bits per heavy atom. The van der Waals surface area contributed by atoms with E-state index in [4.69, 9.17) is 10.8 Å². The number of nitrogens with two attached hydrogens (primary N) is 1. The standard InChI is InChI=1S/C7H13NO2/c1-2-3-4-6(8)5-7(9)10/h2,6H,1,3-5,8H2,(H,9,10)/t6-/m0/s1. The molecule has 1 atom stereocenters. The lowest BCUT2D eigenvalue weighted by molar-refractivity contribution is -0.137. The first-order valence-corrected chi connectivity index (χ1v) is 3.25. The number of carboxylic acid groups (broad SMARTS) is 1. The van der Waals surface area contributed by atoms with E-state index < -0.39 is 5.97 Å². The lowest BCUT2D eigenvalue weighted by Gasteiger charge is -2.04. The minimum absolute atomic E-state index is 0.0494. The molecule has 0 aromatic heterocycles. The van der Waals surface area contributed by atoms with Gasteiger partial charge in [0.25, 0.3) is 0 Å². The quantitative estimate of drug-likeness (QED) is 0.558. The van der Waals surface area contributed by atoms with Crippen LogP contribution in [0.1, 0.15) is 19.3 Å². The molecule has 0 spiro atoms. The highest BCUT2D eigenvalue weighted by Crippen LogP contribution is 1.98. The largest absolute Gasteiger partial charge is 0.481 e. The van der Waals surface area contributed by atoms with Crippen molar-refractivity contribution in [2.24, 2.45) is 5.73 Å². The molecule has 0 aliphatic heterocycles. The van der Waals surface area contributed by atoms with Gasteiger partial charge in [-0.15, -0.1) is 6.58 Å². The first-order valence-electron chi connectivity index (χ1n) is 3.25. The number of allylic oxidation sites excluding steroid dienone is 1. The summed E-state index contributed by atoms with van der Waals surface area (Å²) in [6, 6.07) is -0.226. The van der Waals surface area contributed by atoms with E-state index in [0.29, 0.717) is 6.42 Å². The van der Waals surface area contributed by atoms with Crippen LogP contribution in [0.5, 0.6) is 0 Å². The SMILES string of the molecule is C=CCC[C@H](N)CC(=O)O. The summed E-state index contributed by atoms with van der Waals surface area (Å²) in [5, 5.41) is 8.28. The zero-order valence-electron chi connectivity index (χ0n) is 5.92. The Kier molecular flexibility index (Phi) is 4.58. The van der Waals surface area contributed by atoms with Crippen LogP contribution < -0.4 is 5.73 Å². The first-order chi connectivity index (χ1) is 4.66. The summed E-state index contributed by atoms with van der Waals surface area (Å²) in [4.78, 5) is 10.1. The molecule has 0 aliphatic rings. The van der Waals surface area contributed by atoms with Crippen molar-refractivity contribution >= 4 is 5.97 Å². The van der Waals surface area contributed by atoms with Gasteiger partial charge in [-0.1, -0.05) is 6.08 Å². The van der Waals surface area contributed by atoms with Gasteiger partial charge in [0, 0.05) is 6.04 Å². The fourth-order valence-electron chi connectivity index (χ4n) is 0.658. The summed E-state index contributed by atoms with van der Waals surface area (Å²) in [6.07, 6.45) is 3.28. The molecule has 0 rings (SSSR count). The molecule has 0 aromatic rings. The van der Waals surface area contributed by atoms with Crippen LogP contribution in [-0.4, -0.2) is 17.1 Å². The van der Waals surface area contributed by atoms with Crippen LogP contribution in [0.2, 0.25) is 0 Å². The number of carboxylic acids is 1. The van der Waals surface area contributed by atoms with Crippen LogP contribution in [0, 0.1) is 0 Å². The van der Waals surface area contributed by atoms with E-state index in [-0.39, 0.29) is 12.5 Å². The van der Waals surface area contributed by atoms with E-state index >= 15 is 0 Å². The number of carbonyl (C=O) groups is 1. The topological polar surface area (TPSA) is 63.3 Å². The summed E-state index contributed by atoms with van der Waals surface area (Å²) in [6.45, 7) is 3.51. The second-order valence-corrected chi connectivity index (χ2v) is 2.22. The molecular weight excluding hydrogens is 130 g/mol. The van der Waals surface area contributed by atoms with Crippen molar-refractivity contribution < 1.29 is 9.90 Å². The average Bonchev–Trinajstić information content (AvgIpc) is 1.82. The summed E-state index contributed by atoms with van der Waals surface area (Å²) in [5.41, 5.74) is 5.43. The Balaban J connectivity index is 3.33. The maximum absolute atomic E-state index is 10.1. The molecule has 0 aromatic carbocycles. The minimum Gasteiger partial charge on any atom is -0.481 e. The third-order valence-electron chi connectivity index (χ3n) is 1.18. The predicted molar refractivity (Wildman–Crippen MR) is 39.7 cm³/mol. The molecule has 3 heteroatoms. The monoisotopic (exact) mass is 143 g/mol. The fourth-order valence-corrected chi connectivity index (χ4v) is 0.658. The molecule has 0 saturated heterocycles. The van der Waals surface area contributed by atoms with E-state index in [1.165, 1.54) is 0 Å². The Bertz CT molecular complexity index is 123. The van der Waals surface area contributed by atoms with Gasteiger partial charge in [-0.3, -0.25) is 4.79 Å². The maximum atomic E-state index is 10.1. The summed E-state index contributed by atoms with van der Waals surface area (Å²) in [7, 11) is 0. The van der Waals surface area contributed by atoms with Gasteiger partial charge in [0.1, 0.15) is 0 Å². The first kappa shape index (κ1) is 9.17. The van der Waals surface area contributed by atoms with Crippen LogP contribution in [0.25, 0.3) is 0 Å². The van der Waals surface area contributed by atoms with E-state index in [9.17, 15) is 4.79 Å². The Morgan fingerprint density at radius 1 is 1.80 bits per heavy atom. The molecule has 3 N–H and O–H groups in total. The van der Waals surface area contributed by atoms with Gasteiger partial charge in [0.15, 0.2) is 0 Å². The van der Waals surface area contributed by atoms with Gasteiger partial charge < -0.3 is 10.8 Å². The molecule has 0 radical (unpaired) electrons. The smallest absolute Gasteiger partial charge is 0.304 e. The number of aliphatic carboxylic acids is 1. The summed E-state index contributed by atoms with van der Waals surface area (Å²) in [5.74, 6) is -0.837. The van der Waals surface area contributed by atoms with E-state index in [0.717, 1.165) is 6.42 Å². The van der Waals surface area contributed by atoms with Crippen molar-refractivity contribution in [2.45, 2.75) is 25.3 Å². The molecule has 10 heavy (non-hydrogen) atoms. The van der Waals surface area contributed by atoms with Gasteiger partial charge in [-0.25, -0.2) is 0 Å². The van der Waals surface area contributed by atoms with Crippen molar-refractivity contribution in [2.75, 3.05) is 0 Å². The number of hydrogen-bond acceptors (Lipinski definition) is 2. The highest BCUT2D eigenvalue weighted by atomic mass is 16.4. The molecule has 0 amide bonds. The number of hydrogen-bond donors (Lipinski definition) is 2. The van der Waals surface area contributed by atoms with Crippen LogP contribution >= 0.6 is 0 Å². The third kappa shape index (κ3) is 5.31. The van der Waals surface area contributed by atoms with Crippen molar-refractivity contribution in [3.8, 4) is 0 Å². The average molecular weight is 143 g/mol. The molecule has 3 nitrogen and oxygen atoms in total. The summed E-state index contributed by atoms with van der Waals surface area (Å²) >= 11 is 0. The lowest BCUT2D eigenvalue weighted by Crippen LogP contribution is -2.23. The van der Waals surface area contributed by atoms with Crippen molar-refractivity contribution in [1.82, 2.24) is 0 Å². The third-order valence-corrected chi connectivity index (χ3v) is 1.18. The molecule has 0 saturated carbocycles. The Hall–Kier alpha value is -0.830. The molecule has 0 bridgehead atoms. The normalized spacial score (nSPS) is 12.5. The van der Waals surface area contributed by atoms with Crippen molar-refractivity contribution in [1.29, 1.82) is 0 Å². The molecular formula is C7H13NO2. The van der Waals surface area contributed by atoms with Crippen molar-refractivity contribution in [3.63, 3.8) is 0 Å². The highest BCUT2D eigenvalue weighted by molar-refractivity contribution is 5.67. The van der Waals surface area contributed by atoms with Crippen LogP contribution in [0.15, 0.2) is 12.7 Å². The van der Waals surface area contributed by atoms with E-state index in [2.05, 4.69) is 6.58 Å². The Labute approximate surface area is 60.5 Å². The predicted octanol–water partition coefficient (Wildman–Crippen LogP) is 0.755. The minimum atomic E-state index is -0.837. The second-order valence-electron chi connectivity index (χ2n) is 2.22. The van der Waals surface area contributed by atoms with Gasteiger partial charge in [-0.05, 0) is 12.8 Å². The van der Waals surface area contributed by atoms with Gasteiger partial charge in [-0.2, -0.15) is 0 Å². The van der Waals surface area contributed by atoms with Crippen LogP contribution in [0.4, 0.5) is 0 Å². The zero-order chi connectivity index (χ0) is 7.98. The summed E-state index contributed by atoms with van der Waals surface area (Å²) < 4.78 is 0. The van der Waals surface area contributed by atoms with Crippen LogP contribution in [0.3, 0.4) is 0 Å². The molecule has 58 valence electrons. The van der Waals surface area contributed by atoms with Gasteiger partial charge >= 0.3 is 5.97 Å². The van der Waals surface area contributed by atoms with E-state index in [1.807, 2.05) is 0 Å². The van der Waals surface area contributed by atoms with Gasteiger partial charge in [0.2, 0.25) is 0 Å². The molecule has 0 heterocycles. The maximum Gasteiger partial charge on any atom is 0.304 e. The lowest BCUT2D eigenvalue weighted by atomic mass is 10.1.